The van der Waals surface area contributed by atoms with Crippen molar-refractivity contribution in [3.63, 3.8) is 0 Å². The minimum absolute atomic E-state index is 0.0320. The molecule has 1 aliphatic rings. The molecule has 1 aromatic carbocycles. The van der Waals surface area contributed by atoms with Gasteiger partial charge in [0.25, 0.3) is 0 Å². The van der Waals surface area contributed by atoms with Crippen LogP contribution in [-0.4, -0.2) is 45.2 Å². The van der Waals surface area contributed by atoms with Gasteiger partial charge in [0.05, 0.1) is 7.11 Å². The molecule has 1 fully saturated rings. The molecule has 0 bridgehead atoms. The Kier molecular flexibility index (Phi) is 5.26. The van der Waals surface area contributed by atoms with E-state index in [2.05, 4.69) is 22.9 Å². The van der Waals surface area contributed by atoms with E-state index in [-0.39, 0.29) is 6.04 Å². The number of nitrogens with two attached hydrogens (primary N) is 1. The third kappa shape index (κ3) is 3.44. The molecule has 0 aliphatic carbocycles. The Bertz CT molecular complexity index is 428. The van der Waals surface area contributed by atoms with Crippen LogP contribution < -0.4 is 15.4 Å². The summed E-state index contributed by atoms with van der Waals surface area (Å²) in [5.41, 5.74) is 8.41. The first kappa shape index (κ1) is 15.1. The largest absolute Gasteiger partial charge is 0.496 e. The molecule has 2 N–H and O–H groups in total. The van der Waals surface area contributed by atoms with Crippen molar-refractivity contribution in [2.75, 3.05) is 45.2 Å². The van der Waals surface area contributed by atoms with Crippen LogP contribution in [-0.2, 0) is 0 Å². The average Bonchev–Trinajstić information content (AvgIpc) is 2.96. The number of hydrogen-bond donors (Lipinski definition) is 1. The van der Waals surface area contributed by atoms with Crippen LogP contribution in [0.25, 0.3) is 0 Å². The Hall–Kier alpha value is -1.26. The SMILES string of the molecule is COc1cccc(N(C)CCN2CCCC2)c1[C@@H](C)N. The van der Waals surface area contributed by atoms with Gasteiger partial charge in [-0.05, 0) is 45.0 Å². The molecule has 4 nitrogen and oxygen atoms in total. The van der Waals surface area contributed by atoms with Gasteiger partial charge in [-0.1, -0.05) is 6.07 Å². The summed E-state index contributed by atoms with van der Waals surface area (Å²) in [5.74, 6) is 0.880. The molecule has 0 saturated carbocycles. The normalized spacial score (nSPS) is 17.2. The lowest BCUT2D eigenvalue weighted by molar-refractivity contribution is 0.346. The molecule has 20 heavy (non-hydrogen) atoms. The Morgan fingerprint density at radius 1 is 1.35 bits per heavy atom. The monoisotopic (exact) mass is 277 g/mol. The lowest BCUT2D eigenvalue weighted by Gasteiger charge is -2.27. The maximum atomic E-state index is 6.13. The van der Waals surface area contributed by atoms with E-state index in [1.54, 1.807) is 7.11 Å². The number of likely N-dealkylation sites (N-methyl/N-ethyl adjacent to an activating group) is 1. The van der Waals surface area contributed by atoms with E-state index in [1.165, 1.54) is 31.6 Å². The maximum absolute atomic E-state index is 6.13. The van der Waals surface area contributed by atoms with Gasteiger partial charge in [-0.2, -0.15) is 0 Å². The predicted octanol–water partition coefficient (Wildman–Crippen LogP) is 2.25. The summed E-state index contributed by atoms with van der Waals surface area (Å²) in [6.45, 7) is 6.63. The van der Waals surface area contributed by atoms with Crippen molar-refractivity contribution in [2.24, 2.45) is 5.73 Å². The third-order valence-corrected chi connectivity index (χ3v) is 4.08. The molecule has 0 spiro atoms. The fraction of sp³-hybridized carbons (Fsp3) is 0.625. The molecule has 0 amide bonds. The molecule has 112 valence electrons. The van der Waals surface area contributed by atoms with Crippen LogP contribution in [0.3, 0.4) is 0 Å². The number of benzene rings is 1. The van der Waals surface area contributed by atoms with Crippen LogP contribution in [0.2, 0.25) is 0 Å². The van der Waals surface area contributed by atoms with Crippen LogP contribution in [0.15, 0.2) is 18.2 Å². The minimum atomic E-state index is -0.0320. The number of likely N-dealkylation sites (tertiary alicyclic amines) is 1. The van der Waals surface area contributed by atoms with Gasteiger partial charge in [0.2, 0.25) is 0 Å². The first-order chi connectivity index (χ1) is 9.63. The number of anilines is 1. The number of methoxy groups -OCH3 is 1. The zero-order valence-corrected chi connectivity index (χ0v) is 12.9. The molecule has 2 rings (SSSR count). The van der Waals surface area contributed by atoms with Crippen LogP contribution in [0.5, 0.6) is 5.75 Å². The fourth-order valence-corrected chi connectivity index (χ4v) is 2.92. The lowest BCUT2D eigenvalue weighted by Crippen LogP contribution is -2.32. The Morgan fingerprint density at radius 3 is 2.65 bits per heavy atom. The molecule has 0 radical (unpaired) electrons. The molecule has 0 unspecified atom stereocenters. The highest BCUT2D eigenvalue weighted by atomic mass is 16.5. The summed E-state index contributed by atoms with van der Waals surface area (Å²) in [6, 6.07) is 6.11. The minimum Gasteiger partial charge on any atom is -0.496 e. The van der Waals surface area contributed by atoms with Gasteiger partial charge in [0, 0.05) is 37.4 Å². The van der Waals surface area contributed by atoms with E-state index in [1.807, 2.05) is 19.1 Å². The fourth-order valence-electron chi connectivity index (χ4n) is 2.92. The van der Waals surface area contributed by atoms with E-state index in [9.17, 15) is 0 Å². The molecular formula is C16H27N3O. The first-order valence-electron chi connectivity index (χ1n) is 7.49. The first-order valence-corrected chi connectivity index (χ1v) is 7.49. The number of hydrogen-bond acceptors (Lipinski definition) is 4. The zero-order chi connectivity index (χ0) is 14.5. The van der Waals surface area contributed by atoms with Gasteiger partial charge in [-0.15, -0.1) is 0 Å². The predicted molar refractivity (Wildman–Crippen MR) is 84.5 cm³/mol. The molecular weight excluding hydrogens is 250 g/mol. The van der Waals surface area contributed by atoms with Crippen molar-refractivity contribution in [2.45, 2.75) is 25.8 Å². The molecule has 4 heteroatoms. The summed E-state index contributed by atoms with van der Waals surface area (Å²) in [6.07, 6.45) is 2.68. The van der Waals surface area contributed by atoms with Crippen molar-refractivity contribution >= 4 is 5.69 Å². The quantitative estimate of drug-likeness (QED) is 0.866. The summed E-state index contributed by atoms with van der Waals surface area (Å²) in [7, 11) is 3.84. The highest BCUT2D eigenvalue weighted by molar-refractivity contribution is 5.60. The third-order valence-electron chi connectivity index (χ3n) is 4.08. The van der Waals surface area contributed by atoms with E-state index in [4.69, 9.17) is 10.5 Å². The van der Waals surface area contributed by atoms with E-state index in [0.717, 1.165) is 24.4 Å². The molecule has 1 atom stereocenters. The Balaban J connectivity index is 2.09. The maximum Gasteiger partial charge on any atom is 0.125 e. The second-order valence-corrected chi connectivity index (χ2v) is 5.65. The Labute approximate surface area is 122 Å². The van der Waals surface area contributed by atoms with Crippen molar-refractivity contribution in [3.05, 3.63) is 23.8 Å². The van der Waals surface area contributed by atoms with Gasteiger partial charge < -0.3 is 20.3 Å². The summed E-state index contributed by atoms with van der Waals surface area (Å²) >= 11 is 0. The average molecular weight is 277 g/mol. The highest BCUT2D eigenvalue weighted by Crippen LogP contribution is 2.33. The summed E-state index contributed by atoms with van der Waals surface area (Å²) < 4.78 is 5.46. The lowest BCUT2D eigenvalue weighted by atomic mass is 10.0. The van der Waals surface area contributed by atoms with Crippen LogP contribution >= 0.6 is 0 Å². The molecule has 0 aromatic heterocycles. The second kappa shape index (κ2) is 6.95. The topological polar surface area (TPSA) is 41.7 Å². The van der Waals surface area contributed by atoms with Crippen LogP contribution in [0.1, 0.15) is 31.4 Å². The molecule has 1 heterocycles. The van der Waals surface area contributed by atoms with E-state index >= 15 is 0 Å². The smallest absolute Gasteiger partial charge is 0.125 e. The van der Waals surface area contributed by atoms with E-state index in [0.29, 0.717) is 0 Å². The van der Waals surface area contributed by atoms with Crippen molar-refractivity contribution in [1.29, 1.82) is 0 Å². The molecule has 1 saturated heterocycles. The Morgan fingerprint density at radius 2 is 2.05 bits per heavy atom. The van der Waals surface area contributed by atoms with Gasteiger partial charge in [0.15, 0.2) is 0 Å². The van der Waals surface area contributed by atoms with Crippen molar-refractivity contribution in [3.8, 4) is 5.75 Å². The molecule has 1 aliphatic heterocycles. The molecule has 1 aromatic rings. The zero-order valence-electron chi connectivity index (χ0n) is 12.9. The van der Waals surface area contributed by atoms with Crippen LogP contribution in [0, 0.1) is 0 Å². The van der Waals surface area contributed by atoms with Gasteiger partial charge in [-0.3, -0.25) is 0 Å². The second-order valence-electron chi connectivity index (χ2n) is 5.65. The van der Waals surface area contributed by atoms with Gasteiger partial charge >= 0.3 is 0 Å². The van der Waals surface area contributed by atoms with Gasteiger partial charge in [0.1, 0.15) is 5.75 Å². The van der Waals surface area contributed by atoms with Crippen LogP contribution in [0.4, 0.5) is 5.69 Å². The summed E-state index contributed by atoms with van der Waals surface area (Å²) in [5, 5.41) is 0. The van der Waals surface area contributed by atoms with E-state index < -0.39 is 0 Å². The highest BCUT2D eigenvalue weighted by Gasteiger charge is 2.17. The number of nitrogens with zero attached hydrogens (tertiary/aromatic N) is 2. The summed E-state index contributed by atoms with van der Waals surface area (Å²) in [4.78, 5) is 4.82. The van der Waals surface area contributed by atoms with Crippen molar-refractivity contribution < 1.29 is 4.74 Å². The number of rotatable bonds is 6. The number of ether oxygens (including phenoxy) is 1. The van der Waals surface area contributed by atoms with Crippen molar-refractivity contribution in [1.82, 2.24) is 4.90 Å². The standard InChI is InChI=1S/C16H27N3O/c1-13(17)16-14(7-6-8-15(16)20-3)18(2)11-12-19-9-4-5-10-19/h6-8,13H,4-5,9-12,17H2,1-3H3/t13-/m1/s1. The van der Waals surface area contributed by atoms with Gasteiger partial charge in [-0.25, -0.2) is 0 Å².